The van der Waals surface area contributed by atoms with Crippen molar-refractivity contribution in [2.75, 3.05) is 13.7 Å². The van der Waals surface area contributed by atoms with Gasteiger partial charge < -0.3 is 26.2 Å². The van der Waals surface area contributed by atoms with E-state index < -0.39 is 23.8 Å². The molecule has 1 heterocycles. The van der Waals surface area contributed by atoms with E-state index in [2.05, 4.69) is 15.4 Å². The predicted octanol–water partition coefficient (Wildman–Crippen LogP) is 1.27. The van der Waals surface area contributed by atoms with Crippen molar-refractivity contribution in [3.63, 3.8) is 0 Å². The van der Waals surface area contributed by atoms with E-state index in [0.29, 0.717) is 5.56 Å². The van der Waals surface area contributed by atoms with Crippen molar-refractivity contribution in [2.45, 2.75) is 12.6 Å². The van der Waals surface area contributed by atoms with E-state index in [1.165, 1.54) is 25.3 Å². The first-order valence-electron chi connectivity index (χ1n) is 7.80. The van der Waals surface area contributed by atoms with E-state index in [1.807, 2.05) is 0 Å². The van der Waals surface area contributed by atoms with Crippen LogP contribution in [0.3, 0.4) is 0 Å². The molecule has 2 rings (SSSR count). The molecule has 0 spiro atoms. The maximum atomic E-state index is 12.3. The van der Waals surface area contributed by atoms with E-state index in [0.717, 1.165) is 11.3 Å². The van der Waals surface area contributed by atoms with Gasteiger partial charge in [0.15, 0.2) is 0 Å². The highest BCUT2D eigenvalue weighted by molar-refractivity contribution is 7.16. The number of halogens is 1. The summed E-state index contributed by atoms with van der Waals surface area (Å²) in [5.74, 6) is -1.63. The summed E-state index contributed by atoms with van der Waals surface area (Å²) in [4.78, 5) is 36.4. The zero-order valence-electron chi connectivity index (χ0n) is 14.3. The van der Waals surface area contributed by atoms with Crippen LogP contribution in [0, 0.1) is 0 Å². The minimum Gasteiger partial charge on any atom is -0.508 e. The van der Waals surface area contributed by atoms with Gasteiger partial charge in [-0.05, 0) is 23.8 Å². The number of phenols is 1. The third kappa shape index (κ3) is 5.43. The van der Waals surface area contributed by atoms with Crippen LogP contribution in [-0.4, -0.2) is 42.6 Å². The molecule has 0 aliphatic carbocycles. The highest BCUT2D eigenvalue weighted by Crippen LogP contribution is 2.27. The molecule has 0 aliphatic rings. The van der Waals surface area contributed by atoms with E-state index in [-0.39, 0.29) is 33.6 Å². The highest BCUT2D eigenvalue weighted by atomic mass is 35.5. The number of esters is 1. The molecule has 5 N–H and O–H groups in total. The van der Waals surface area contributed by atoms with Crippen LogP contribution in [0.5, 0.6) is 5.75 Å². The van der Waals surface area contributed by atoms with Gasteiger partial charge in [0.1, 0.15) is 16.7 Å². The number of carbonyl (C=O) groups is 3. The first-order valence-corrected chi connectivity index (χ1v) is 8.99. The molecule has 1 aromatic heterocycles. The van der Waals surface area contributed by atoms with Gasteiger partial charge in [0, 0.05) is 13.1 Å². The third-order valence-electron chi connectivity index (χ3n) is 3.51. The number of phenolic OH excluding ortho intramolecular Hbond substituents is 1. The summed E-state index contributed by atoms with van der Waals surface area (Å²) < 4.78 is 4.55. The fourth-order valence-electron chi connectivity index (χ4n) is 2.15. The first-order chi connectivity index (χ1) is 12.8. The second-order valence-corrected chi connectivity index (χ2v) is 6.88. The number of benzene rings is 1. The van der Waals surface area contributed by atoms with Crippen LogP contribution in [0.1, 0.15) is 24.9 Å². The zero-order valence-corrected chi connectivity index (χ0v) is 15.9. The number of ether oxygens (including phenoxy) is 1. The molecule has 2 amide bonds. The molecule has 0 fully saturated rings. The molecule has 27 heavy (non-hydrogen) atoms. The van der Waals surface area contributed by atoms with Gasteiger partial charge in [0.05, 0.1) is 17.0 Å². The van der Waals surface area contributed by atoms with Crippen molar-refractivity contribution in [3.05, 3.63) is 50.7 Å². The molecule has 0 radical (unpaired) electrons. The second kappa shape index (κ2) is 9.36. The summed E-state index contributed by atoms with van der Waals surface area (Å²) in [6.07, 6.45) is 0. The lowest BCUT2D eigenvalue weighted by Crippen LogP contribution is -2.46. The standard InChI is InChI=1S/C17H18ClN3O5S/c1-26-17(25)12(7-19)21-16(24)14-11(18)6-13(27-14)15(23)20-8-9-3-2-4-10(22)5-9/h2-6,12,22H,7-8,19H2,1H3,(H,20,23)(H,21,24). The molecule has 0 saturated carbocycles. The SMILES string of the molecule is COC(=O)C(CN)NC(=O)c1sc(C(=O)NCc2cccc(O)c2)cc1Cl. The lowest BCUT2D eigenvalue weighted by molar-refractivity contribution is -0.142. The minimum absolute atomic E-state index is 0.0839. The van der Waals surface area contributed by atoms with Crippen molar-refractivity contribution in [3.8, 4) is 5.75 Å². The van der Waals surface area contributed by atoms with Crippen LogP contribution in [0.15, 0.2) is 30.3 Å². The molecule has 1 aromatic carbocycles. The summed E-state index contributed by atoms with van der Waals surface area (Å²) >= 11 is 6.94. The average molecular weight is 412 g/mol. The molecule has 8 nitrogen and oxygen atoms in total. The molecular formula is C17H18ClN3O5S. The fraction of sp³-hybridized carbons (Fsp3) is 0.235. The first kappa shape index (κ1) is 20.7. The molecule has 10 heteroatoms. The van der Waals surface area contributed by atoms with Crippen molar-refractivity contribution in [1.29, 1.82) is 0 Å². The monoisotopic (exact) mass is 411 g/mol. The normalized spacial score (nSPS) is 11.5. The molecule has 0 saturated heterocycles. The number of carbonyl (C=O) groups excluding carboxylic acids is 3. The van der Waals surface area contributed by atoms with Crippen LogP contribution >= 0.6 is 22.9 Å². The van der Waals surface area contributed by atoms with Crippen molar-refractivity contribution < 1.29 is 24.2 Å². The van der Waals surface area contributed by atoms with Crippen LogP contribution in [0.4, 0.5) is 0 Å². The molecule has 0 bridgehead atoms. The molecule has 1 unspecified atom stereocenters. The largest absolute Gasteiger partial charge is 0.508 e. The summed E-state index contributed by atoms with van der Waals surface area (Å²) in [7, 11) is 1.18. The number of nitrogens with one attached hydrogen (secondary N) is 2. The van der Waals surface area contributed by atoms with E-state index in [4.69, 9.17) is 17.3 Å². The number of aromatic hydroxyl groups is 1. The Bertz CT molecular complexity index is 855. The third-order valence-corrected chi connectivity index (χ3v) is 5.05. The lowest BCUT2D eigenvalue weighted by Gasteiger charge is -2.13. The van der Waals surface area contributed by atoms with Gasteiger partial charge >= 0.3 is 5.97 Å². The van der Waals surface area contributed by atoms with Crippen molar-refractivity contribution in [1.82, 2.24) is 10.6 Å². The Labute approximate surface area is 164 Å². The van der Waals surface area contributed by atoms with Gasteiger partial charge in [-0.25, -0.2) is 4.79 Å². The highest BCUT2D eigenvalue weighted by Gasteiger charge is 2.24. The Kier molecular flexibility index (Phi) is 7.17. The van der Waals surface area contributed by atoms with Crippen molar-refractivity contribution >= 4 is 40.7 Å². The Balaban J connectivity index is 2.04. The number of amides is 2. The van der Waals surface area contributed by atoms with Crippen LogP contribution in [-0.2, 0) is 16.1 Å². The summed E-state index contributed by atoms with van der Waals surface area (Å²) in [5.41, 5.74) is 6.16. The van der Waals surface area contributed by atoms with Gasteiger partial charge in [-0.15, -0.1) is 11.3 Å². The van der Waals surface area contributed by atoms with Gasteiger partial charge in [-0.3, -0.25) is 9.59 Å². The number of rotatable bonds is 7. The Morgan fingerprint density at radius 3 is 2.67 bits per heavy atom. The number of thiophene rings is 1. The number of hydrogen-bond acceptors (Lipinski definition) is 7. The average Bonchev–Trinajstić information content (AvgIpc) is 3.05. The molecule has 0 aliphatic heterocycles. The van der Waals surface area contributed by atoms with Crippen LogP contribution in [0.2, 0.25) is 5.02 Å². The topological polar surface area (TPSA) is 131 Å². The fourth-order valence-corrected chi connectivity index (χ4v) is 3.40. The maximum Gasteiger partial charge on any atom is 0.329 e. The molecule has 1 atom stereocenters. The van der Waals surface area contributed by atoms with E-state index in [9.17, 15) is 19.5 Å². The number of methoxy groups -OCH3 is 1. The van der Waals surface area contributed by atoms with Crippen molar-refractivity contribution in [2.24, 2.45) is 5.73 Å². The van der Waals surface area contributed by atoms with Crippen LogP contribution < -0.4 is 16.4 Å². The van der Waals surface area contributed by atoms with Gasteiger partial charge in [0.2, 0.25) is 0 Å². The van der Waals surface area contributed by atoms with E-state index in [1.54, 1.807) is 12.1 Å². The minimum atomic E-state index is -1.01. The van der Waals surface area contributed by atoms with Gasteiger partial charge in [0.25, 0.3) is 11.8 Å². The number of hydrogen-bond donors (Lipinski definition) is 4. The summed E-state index contributed by atoms with van der Waals surface area (Å²) in [6, 6.07) is 6.83. The summed E-state index contributed by atoms with van der Waals surface area (Å²) in [6.45, 7) is 0.0561. The zero-order chi connectivity index (χ0) is 20.0. The number of nitrogens with two attached hydrogens (primary N) is 1. The predicted molar refractivity (Wildman–Crippen MR) is 101 cm³/mol. The molecule has 2 aromatic rings. The van der Waals surface area contributed by atoms with Crippen LogP contribution in [0.25, 0.3) is 0 Å². The van der Waals surface area contributed by atoms with Gasteiger partial charge in [-0.1, -0.05) is 23.7 Å². The Morgan fingerprint density at radius 1 is 1.30 bits per heavy atom. The molecular weight excluding hydrogens is 394 g/mol. The van der Waals surface area contributed by atoms with E-state index >= 15 is 0 Å². The second-order valence-electron chi connectivity index (χ2n) is 5.43. The maximum absolute atomic E-state index is 12.3. The smallest absolute Gasteiger partial charge is 0.329 e. The lowest BCUT2D eigenvalue weighted by atomic mass is 10.2. The molecule has 144 valence electrons. The Morgan fingerprint density at radius 2 is 2.04 bits per heavy atom. The quantitative estimate of drug-likeness (QED) is 0.507. The Hall–Kier alpha value is -2.62. The summed E-state index contributed by atoms with van der Waals surface area (Å²) in [5, 5.41) is 14.6. The van der Waals surface area contributed by atoms with Gasteiger partial charge in [-0.2, -0.15) is 0 Å².